The van der Waals surface area contributed by atoms with Crippen molar-refractivity contribution in [1.82, 2.24) is 29.7 Å². The van der Waals surface area contributed by atoms with Crippen molar-refractivity contribution in [2.45, 2.75) is 18.9 Å². The molecule has 0 amide bonds. The Morgan fingerprint density at radius 1 is 0.979 bits per heavy atom. The quantitative estimate of drug-likeness (QED) is 0.270. The molecular weight excluding hydrogens is 618 g/mol. The Labute approximate surface area is 275 Å². The predicted octanol–water partition coefficient (Wildman–Crippen LogP) is 3.40. The number of ether oxygens (including phenoxy) is 1. The molecule has 47 heavy (non-hydrogen) atoms. The fourth-order valence-corrected chi connectivity index (χ4v) is 6.65. The Morgan fingerprint density at radius 3 is 2.40 bits per heavy atom. The lowest BCUT2D eigenvalue weighted by atomic mass is 10.0. The fraction of sp³-hybridized carbons (Fsp3) is 0.406. The molecule has 2 N–H and O–H groups in total. The first-order valence-corrected chi connectivity index (χ1v) is 17.3. The molecule has 246 valence electrons. The van der Waals surface area contributed by atoms with Crippen LogP contribution in [-0.2, 0) is 10.0 Å². The number of sulfonamides is 1. The Balaban J connectivity index is 1.22. The zero-order chi connectivity index (χ0) is 33.1. The standard InChI is InChI=1S/C32H39N11O3S/c1-40-15-17-43(18-16-40)23-9-13-42(14-10-23)24-5-6-25(28(19-24)46-3)38-32-36-21-22(20-33)31(39-32)37-27-8-7-26-29(35-12-11-34-26)30(27)41(2)47(4,44)45/h5-8,11-12,19,21,23H,9-10,13-18H2,1-4H3,(H2,36,37,38,39). The molecule has 15 heteroatoms. The first-order chi connectivity index (χ1) is 22.6. The fourth-order valence-electron chi connectivity index (χ4n) is 6.13. The van der Waals surface area contributed by atoms with Gasteiger partial charge in [0.2, 0.25) is 16.0 Å². The maximum Gasteiger partial charge on any atom is 0.232 e. The highest BCUT2D eigenvalue weighted by Gasteiger charge is 2.27. The van der Waals surface area contributed by atoms with Gasteiger partial charge in [0.05, 0.1) is 36.5 Å². The summed E-state index contributed by atoms with van der Waals surface area (Å²) in [6, 6.07) is 12.2. The van der Waals surface area contributed by atoms with Crippen LogP contribution in [-0.4, -0.2) is 111 Å². The number of nitrogens with one attached hydrogen (secondary N) is 2. The maximum atomic E-state index is 12.6. The zero-order valence-electron chi connectivity index (χ0n) is 27.0. The van der Waals surface area contributed by atoms with Crippen LogP contribution >= 0.6 is 0 Å². The van der Waals surface area contributed by atoms with Gasteiger partial charge in [-0.05, 0) is 44.2 Å². The summed E-state index contributed by atoms with van der Waals surface area (Å²) in [5.74, 6) is 1.05. The van der Waals surface area contributed by atoms with Gasteiger partial charge in [-0.25, -0.2) is 13.4 Å². The molecular formula is C32H39N11O3S. The average molecular weight is 658 g/mol. The van der Waals surface area contributed by atoms with Crippen molar-refractivity contribution < 1.29 is 13.2 Å². The van der Waals surface area contributed by atoms with Crippen LogP contribution < -0.4 is 24.6 Å². The minimum atomic E-state index is -3.66. The third kappa shape index (κ3) is 6.99. The lowest BCUT2D eigenvalue weighted by Gasteiger charge is -2.42. The van der Waals surface area contributed by atoms with Crippen LogP contribution in [0.25, 0.3) is 11.0 Å². The van der Waals surface area contributed by atoms with E-state index in [2.05, 4.69) is 64.5 Å². The molecule has 0 radical (unpaired) electrons. The van der Waals surface area contributed by atoms with Crippen molar-refractivity contribution in [1.29, 1.82) is 5.26 Å². The summed E-state index contributed by atoms with van der Waals surface area (Å²) in [7, 11) is 1.59. The summed E-state index contributed by atoms with van der Waals surface area (Å²) in [5.41, 5.74) is 3.48. The molecule has 2 saturated heterocycles. The van der Waals surface area contributed by atoms with Crippen molar-refractivity contribution in [3.63, 3.8) is 0 Å². The number of piperidine rings is 1. The van der Waals surface area contributed by atoms with E-state index in [1.807, 2.05) is 12.1 Å². The van der Waals surface area contributed by atoms with Crippen molar-refractivity contribution in [3.05, 3.63) is 54.5 Å². The molecule has 2 aromatic carbocycles. The molecule has 4 aromatic rings. The van der Waals surface area contributed by atoms with E-state index >= 15 is 0 Å². The summed E-state index contributed by atoms with van der Waals surface area (Å²) in [4.78, 5) is 25.1. The number of fused-ring (bicyclic) bond motifs is 1. The Morgan fingerprint density at radius 2 is 1.70 bits per heavy atom. The topological polar surface area (TPSA) is 156 Å². The van der Waals surface area contributed by atoms with E-state index in [1.54, 1.807) is 19.2 Å². The molecule has 2 fully saturated rings. The highest BCUT2D eigenvalue weighted by molar-refractivity contribution is 7.92. The van der Waals surface area contributed by atoms with Gasteiger partial charge in [0, 0.05) is 76.5 Å². The summed E-state index contributed by atoms with van der Waals surface area (Å²) >= 11 is 0. The Hall–Kier alpha value is -4.78. The Kier molecular flexibility index (Phi) is 9.26. The van der Waals surface area contributed by atoms with Crippen molar-refractivity contribution in [3.8, 4) is 11.8 Å². The second kappa shape index (κ2) is 13.5. The summed E-state index contributed by atoms with van der Waals surface area (Å²) in [6.07, 6.45) is 7.81. The van der Waals surface area contributed by atoms with E-state index in [4.69, 9.17) is 4.74 Å². The maximum absolute atomic E-state index is 12.6. The SMILES string of the molecule is COc1cc(N2CCC(N3CCN(C)CC3)CC2)ccc1Nc1ncc(C#N)c(Nc2ccc3nccnc3c2N(C)S(C)(=O)=O)n1. The van der Waals surface area contributed by atoms with Gasteiger partial charge in [-0.1, -0.05) is 0 Å². The highest BCUT2D eigenvalue weighted by Crippen LogP contribution is 2.37. The van der Waals surface area contributed by atoms with E-state index in [0.29, 0.717) is 34.2 Å². The van der Waals surface area contributed by atoms with Gasteiger partial charge < -0.3 is 25.2 Å². The zero-order valence-corrected chi connectivity index (χ0v) is 27.8. The molecule has 0 bridgehead atoms. The molecule has 0 spiro atoms. The molecule has 14 nitrogen and oxygen atoms in total. The molecule has 0 atom stereocenters. The van der Waals surface area contributed by atoms with Gasteiger partial charge in [-0.15, -0.1) is 0 Å². The third-order valence-corrected chi connectivity index (χ3v) is 10.1. The number of nitrogens with zero attached hydrogens (tertiary/aromatic N) is 9. The van der Waals surface area contributed by atoms with Crippen LogP contribution in [0.3, 0.4) is 0 Å². The van der Waals surface area contributed by atoms with Crippen molar-refractivity contribution in [2.75, 3.05) is 86.6 Å². The van der Waals surface area contributed by atoms with Gasteiger partial charge >= 0.3 is 0 Å². The third-order valence-electron chi connectivity index (χ3n) is 8.90. The number of piperazine rings is 1. The molecule has 4 heterocycles. The van der Waals surface area contributed by atoms with Crippen LogP contribution in [0.4, 0.5) is 34.5 Å². The number of hydrogen-bond donors (Lipinski definition) is 2. The lowest BCUT2D eigenvalue weighted by Crippen LogP contribution is -2.52. The number of hydrogen-bond acceptors (Lipinski definition) is 13. The van der Waals surface area contributed by atoms with Crippen LogP contribution in [0, 0.1) is 11.3 Å². The second-order valence-corrected chi connectivity index (χ2v) is 13.9. The Bertz CT molecular complexity index is 1900. The van der Waals surface area contributed by atoms with Crippen molar-refractivity contribution in [2.24, 2.45) is 0 Å². The molecule has 0 saturated carbocycles. The van der Waals surface area contributed by atoms with E-state index in [-0.39, 0.29) is 23.0 Å². The molecule has 6 rings (SSSR count). The van der Waals surface area contributed by atoms with Gasteiger partial charge in [-0.2, -0.15) is 10.2 Å². The number of aromatic nitrogens is 4. The molecule has 2 aliphatic heterocycles. The van der Waals surface area contributed by atoms with Gasteiger partial charge in [0.25, 0.3) is 0 Å². The lowest BCUT2D eigenvalue weighted by molar-refractivity contribution is 0.0982. The molecule has 0 aliphatic carbocycles. The minimum Gasteiger partial charge on any atom is -0.494 e. The van der Waals surface area contributed by atoms with Gasteiger partial charge in [0.15, 0.2) is 5.82 Å². The summed E-state index contributed by atoms with van der Waals surface area (Å²) < 4.78 is 32.0. The second-order valence-electron chi connectivity index (χ2n) is 11.9. The van der Waals surface area contributed by atoms with Crippen LogP contribution in [0.2, 0.25) is 0 Å². The number of benzene rings is 2. The highest BCUT2D eigenvalue weighted by atomic mass is 32.2. The number of methoxy groups -OCH3 is 1. The smallest absolute Gasteiger partial charge is 0.232 e. The van der Waals surface area contributed by atoms with Crippen LogP contribution in [0.15, 0.2) is 48.9 Å². The summed E-state index contributed by atoms with van der Waals surface area (Å²) in [5, 5.41) is 16.2. The largest absolute Gasteiger partial charge is 0.494 e. The summed E-state index contributed by atoms with van der Waals surface area (Å²) in [6.45, 7) is 6.51. The van der Waals surface area contributed by atoms with E-state index in [1.165, 1.54) is 25.6 Å². The molecule has 2 aromatic heterocycles. The predicted molar refractivity (Wildman–Crippen MR) is 183 cm³/mol. The first kappa shape index (κ1) is 32.2. The molecule has 0 unspecified atom stereocenters. The molecule has 2 aliphatic rings. The number of anilines is 6. The number of likely N-dealkylation sites (N-methyl/N-ethyl adjacent to an activating group) is 1. The van der Waals surface area contributed by atoms with Crippen LogP contribution in [0.1, 0.15) is 18.4 Å². The minimum absolute atomic E-state index is 0.171. The van der Waals surface area contributed by atoms with Gasteiger partial charge in [0.1, 0.15) is 28.6 Å². The normalized spacial score (nSPS) is 16.5. The van der Waals surface area contributed by atoms with Crippen molar-refractivity contribution >= 4 is 55.6 Å². The number of rotatable bonds is 9. The van der Waals surface area contributed by atoms with Crippen LogP contribution in [0.5, 0.6) is 5.75 Å². The average Bonchev–Trinajstić information content (AvgIpc) is 3.08. The van der Waals surface area contributed by atoms with Gasteiger partial charge in [-0.3, -0.25) is 19.2 Å². The number of nitriles is 1. The van der Waals surface area contributed by atoms with E-state index in [0.717, 1.165) is 68.4 Å². The monoisotopic (exact) mass is 657 g/mol. The van der Waals surface area contributed by atoms with E-state index < -0.39 is 10.0 Å². The van der Waals surface area contributed by atoms with E-state index in [9.17, 15) is 13.7 Å². The first-order valence-electron chi connectivity index (χ1n) is 15.5.